The molecule has 1 saturated heterocycles. The first-order valence-electron chi connectivity index (χ1n) is 10.6. The van der Waals surface area contributed by atoms with E-state index in [9.17, 15) is 14.7 Å². The van der Waals surface area contributed by atoms with Crippen molar-refractivity contribution >= 4 is 51.7 Å². The van der Waals surface area contributed by atoms with Gasteiger partial charge in [0.15, 0.2) is 0 Å². The van der Waals surface area contributed by atoms with E-state index < -0.39 is 6.10 Å². The molecule has 0 radical (unpaired) electrons. The number of aliphatic hydroxyl groups excluding tert-OH is 1. The Bertz CT molecular complexity index is 1320. The minimum Gasteiger partial charge on any atom is -0.387 e. The number of aromatic nitrogens is 2. The highest BCUT2D eigenvalue weighted by molar-refractivity contribution is 8.26. The van der Waals surface area contributed by atoms with Gasteiger partial charge in [0.25, 0.3) is 11.5 Å². The van der Waals surface area contributed by atoms with Crippen LogP contribution in [0.2, 0.25) is 0 Å². The van der Waals surface area contributed by atoms with Gasteiger partial charge < -0.3 is 15.2 Å². The smallest absolute Gasteiger partial charge is 0.267 e. The van der Waals surface area contributed by atoms with Gasteiger partial charge in [0.1, 0.15) is 15.8 Å². The molecule has 1 aromatic carbocycles. The summed E-state index contributed by atoms with van der Waals surface area (Å²) in [5, 5.41) is 13.7. The number of fused-ring (bicyclic) bond motifs is 1. The summed E-state index contributed by atoms with van der Waals surface area (Å²) in [5.41, 5.74) is 1.95. The van der Waals surface area contributed by atoms with E-state index in [1.807, 2.05) is 43.3 Å². The van der Waals surface area contributed by atoms with E-state index in [2.05, 4.69) is 10.3 Å². The fourth-order valence-corrected chi connectivity index (χ4v) is 4.86. The molecule has 8 nitrogen and oxygen atoms in total. The van der Waals surface area contributed by atoms with Crippen LogP contribution in [-0.2, 0) is 9.53 Å². The number of carbonyl (C=O) groups is 1. The molecule has 0 spiro atoms. The van der Waals surface area contributed by atoms with Crippen LogP contribution in [0.1, 0.15) is 22.8 Å². The number of pyridine rings is 1. The molecule has 3 aromatic rings. The summed E-state index contributed by atoms with van der Waals surface area (Å²) >= 11 is 6.48. The summed E-state index contributed by atoms with van der Waals surface area (Å²) < 4.78 is 6.92. The third-order valence-corrected chi connectivity index (χ3v) is 6.78. The summed E-state index contributed by atoms with van der Waals surface area (Å²) in [6, 6.07) is 12.9. The molecule has 176 valence electrons. The second-order valence-electron chi connectivity index (χ2n) is 7.70. The van der Waals surface area contributed by atoms with Crippen molar-refractivity contribution in [1.29, 1.82) is 0 Å². The lowest BCUT2D eigenvalue weighted by Gasteiger charge is -2.15. The number of aliphatic hydroxyl groups is 1. The number of nitrogens with one attached hydrogen (secondary N) is 1. The maximum atomic E-state index is 13.4. The van der Waals surface area contributed by atoms with Gasteiger partial charge in [-0.1, -0.05) is 60.4 Å². The Labute approximate surface area is 206 Å². The second-order valence-corrected chi connectivity index (χ2v) is 9.37. The Balaban J connectivity index is 1.74. The molecule has 1 unspecified atom stereocenters. The van der Waals surface area contributed by atoms with Crippen molar-refractivity contribution in [2.45, 2.75) is 13.0 Å². The van der Waals surface area contributed by atoms with Gasteiger partial charge in [0.2, 0.25) is 0 Å². The zero-order valence-electron chi connectivity index (χ0n) is 18.7. The Kier molecular flexibility index (Phi) is 7.42. The largest absolute Gasteiger partial charge is 0.387 e. The molecule has 1 aliphatic rings. The molecule has 1 aliphatic heterocycles. The molecule has 1 atom stereocenters. The Morgan fingerprint density at radius 1 is 1.24 bits per heavy atom. The van der Waals surface area contributed by atoms with Crippen molar-refractivity contribution in [2.24, 2.45) is 0 Å². The molecule has 1 fully saturated rings. The number of benzene rings is 1. The zero-order valence-corrected chi connectivity index (χ0v) is 20.4. The lowest BCUT2D eigenvalue weighted by Crippen LogP contribution is -2.31. The number of hydrogen-bond acceptors (Lipinski definition) is 8. The fourth-order valence-electron chi connectivity index (χ4n) is 3.57. The van der Waals surface area contributed by atoms with E-state index in [1.165, 1.54) is 15.4 Å². The van der Waals surface area contributed by atoms with E-state index in [-0.39, 0.29) is 29.4 Å². The van der Waals surface area contributed by atoms with E-state index in [1.54, 1.807) is 19.4 Å². The first kappa shape index (κ1) is 24.1. The molecule has 0 bridgehead atoms. The highest BCUT2D eigenvalue weighted by atomic mass is 32.2. The minimum atomic E-state index is -0.807. The third-order valence-electron chi connectivity index (χ3n) is 5.40. The van der Waals surface area contributed by atoms with Gasteiger partial charge in [-0.25, -0.2) is 4.98 Å². The number of carbonyl (C=O) groups excluding carboxylic acids is 1. The van der Waals surface area contributed by atoms with Crippen LogP contribution in [0.3, 0.4) is 0 Å². The molecule has 34 heavy (non-hydrogen) atoms. The molecule has 3 heterocycles. The van der Waals surface area contributed by atoms with E-state index in [4.69, 9.17) is 17.0 Å². The minimum absolute atomic E-state index is 0.133. The molecule has 2 aromatic heterocycles. The van der Waals surface area contributed by atoms with Crippen LogP contribution in [0.4, 0.5) is 5.82 Å². The van der Waals surface area contributed by atoms with Gasteiger partial charge in [-0.3, -0.25) is 18.9 Å². The quantitative estimate of drug-likeness (QED) is 0.363. The summed E-state index contributed by atoms with van der Waals surface area (Å²) in [6.07, 6.45) is 2.35. The number of methoxy groups -OCH3 is 1. The average molecular weight is 497 g/mol. The Morgan fingerprint density at radius 2 is 2.00 bits per heavy atom. The standard InChI is InChI=1S/C24H24N4O4S2/c1-15-7-6-10-27-21(15)26-20(25-14-18(29)16-8-4-3-5-9-16)17(22(27)30)13-19-23(31)28(11-12-32-2)24(33)34-19/h3-10,13,18,25,29H,11-12,14H2,1-2H3. The Morgan fingerprint density at radius 3 is 2.74 bits per heavy atom. The van der Waals surface area contributed by atoms with Crippen LogP contribution in [0, 0.1) is 6.92 Å². The van der Waals surface area contributed by atoms with Gasteiger partial charge in [-0.2, -0.15) is 0 Å². The average Bonchev–Trinajstić information content (AvgIpc) is 3.11. The molecule has 10 heteroatoms. The topological polar surface area (TPSA) is 96.2 Å². The monoisotopic (exact) mass is 496 g/mol. The number of thiocarbonyl (C=S) groups is 1. The molecule has 1 amide bonds. The molecule has 4 rings (SSSR count). The highest BCUT2D eigenvalue weighted by Crippen LogP contribution is 2.33. The molecule has 2 N–H and O–H groups in total. The number of rotatable bonds is 8. The van der Waals surface area contributed by atoms with Crippen molar-refractivity contribution in [1.82, 2.24) is 14.3 Å². The number of hydrogen-bond donors (Lipinski definition) is 2. The number of nitrogens with zero attached hydrogens (tertiary/aromatic N) is 3. The van der Waals surface area contributed by atoms with Gasteiger partial charge in [0.05, 0.1) is 29.7 Å². The second kappa shape index (κ2) is 10.5. The van der Waals surface area contributed by atoms with Crippen molar-refractivity contribution in [3.8, 4) is 0 Å². The first-order chi connectivity index (χ1) is 16.4. The predicted molar refractivity (Wildman–Crippen MR) is 138 cm³/mol. The normalized spacial score (nSPS) is 16.0. The summed E-state index contributed by atoms with van der Waals surface area (Å²) in [7, 11) is 1.55. The molecular weight excluding hydrogens is 472 g/mol. The van der Waals surface area contributed by atoms with Crippen molar-refractivity contribution in [3.63, 3.8) is 0 Å². The SMILES string of the molecule is COCCN1C(=O)C(=Cc2c(NCC(O)c3ccccc3)nc3c(C)cccn3c2=O)SC1=S. The number of aryl methyl sites for hydroxylation is 1. The van der Waals surface area contributed by atoms with E-state index in [0.29, 0.717) is 28.0 Å². The maximum Gasteiger partial charge on any atom is 0.267 e. The number of amides is 1. The number of thioether (sulfide) groups is 1. The van der Waals surface area contributed by atoms with Crippen LogP contribution in [0.25, 0.3) is 11.7 Å². The first-order valence-corrected chi connectivity index (χ1v) is 11.9. The van der Waals surface area contributed by atoms with Gasteiger partial charge in [-0.15, -0.1) is 0 Å². The van der Waals surface area contributed by atoms with Crippen LogP contribution in [0.15, 0.2) is 58.4 Å². The van der Waals surface area contributed by atoms with Crippen LogP contribution >= 0.6 is 24.0 Å². The summed E-state index contributed by atoms with van der Waals surface area (Å²) in [5.74, 6) is 0.00694. The van der Waals surface area contributed by atoms with Crippen molar-refractivity contribution < 1.29 is 14.6 Å². The van der Waals surface area contributed by atoms with Crippen molar-refractivity contribution in [3.05, 3.63) is 80.6 Å². The lowest BCUT2D eigenvalue weighted by molar-refractivity contribution is -0.122. The zero-order chi connectivity index (χ0) is 24.2. The lowest BCUT2D eigenvalue weighted by atomic mass is 10.1. The van der Waals surface area contributed by atoms with E-state index >= 15 is 0 Å². The van der Waals surface area contributed by atoms with Crippen LogP contribution in [-0.4, -0.2) is 56.4 Å². The fraction of sp³-hybridized carbons (Fsp3) is 0.250. The highest BCUT2D eigenvalue weighted by Gasteiger charge is 2.32. The van der Waals surface area contributed by atoms with E-state index in [0.717, 1.165) is 22.9 Å². The summed E-state index contributed by atoms with van der Waals surface area (Å²) in [6.45, 7) is 2.68. The predicted octanol–water partition coefficient (Wildman–Crippen LogP) is 3.00. The van der Waals surface area contributed by atoms with Crippen LogP contribution in [0.5, 0.6) is 0 Å². The number of ether oxygens (including phenoxy) is 1. The number of anilines is 1. The molecule has 0 saturated carbocycles. The van der Waals surface area contributed by atoms with Gasteiger partial charge in [-0.05, 0) is 30.2 Å². The van der Waals surface area contributed by atoms with Crippen molar-refractivity contribution in [2.75, 3.05) is 32.1 Å². The maximum absolute atomic E-state index is 13.4. The van der Waals surface area contributed by atoms with Gasteiger partial charge >= 0.3 is 0 Å². The Hall–Kier alpha value is -3.05. The molecular formula is C24H24N4O4S2. The third kappa shape index (κ3) is 4.90. The van der Waals surface area contributed by atoms with Gasteiger partial charge in [0, 0.05) is 19.9 Å². The van der Waals surface area contributed by atoms with Crippen LogP contribution < -0.4 is 10.9 Å². The summed E-state index contributed by atoms with van der Waals surface area (Å²) in [4.78, 5) is 32.8. The molecule has 0 aliphatic carbocycles.